The van der Waals surface area contributed by atoms with Crippen molar-refractivity contribution in [3.05, 3.63) is 52.4 Å². The number of anilines is 1. The largest absolute Gasteiger partial charge is 0.502 e. The van der Waals surface area contributed by atoms with Crippen LogP contribution in [0, 0.1) is 12.3 Å². The Morgan fingerprint density at radius 1 is 1.15 bits per heavy atom. The third-order valence-electron chi connectivity index (χ3n) is 3.88. The van der Waals surface area contributed by atoms with Gasteiger partial charge in [-0.15, -0.1) is 0 Å². The van der Waals surface area contributed by atoms with Crippen molar-refractivity contribution in [1.29, 1.82) is 5.41 Å². The molecule has 6 nitrogen and oxygen atoms in total. The summed E-state index contributed by atoms with van der Waals surface area (Å²) >= 11 is 1.09. The second-order valence-electron chi connectivity index (χ2n) is 5.67. The summed E-state index contributed by atoms with van der Waals surface area (Å²) in [6, 6.07) is 10.7. The van der Waals surface area contributed by atoms with Crippen LogP contribution in [0.2, 0.25) is 0 Å². The lowest BCUT2D eigenvalue weighted by Crippen LogP contribution is -2.28. The molecule has 1 heterocycles. The Hall–Kier alpha value is -2.93. The van der Waals surface area contributed by atoms with Gasteiger partial charge in [0.15, 0.2) is 16.7 Å². The van der Waals surface area contributed by atoms with E-state index < -0.39 is 0 Å². The van der Waals surface area contributed by atoms with E-state index in [0.717, 1.165) is 17.3 Å². The Morgan fingerprint density at radius 2 is 1.81 bits per heavy atom. The lowest BCUT2D eigenvalue weighted by molar-refractivity contribution is -0.113. The minimum atomic E-state index is -0.267. The SMILES string of the molecule is COc1cc(/C=C2\SC(=N)N(c3cccc(C)c3)C2=O)cc(OC)c1O. The lowest BCUT2D eigenvalue weighted by atomic mass is 10.1. The van der Waals surface area contributed by atoms with E-state index in [0.29, 0.717) is 16.2 Å². The molecule has 1 aliphatic heterocycles. The predicted molar refractivity (Wildman–Crippen MR) is 103 cm³/mol. The normalized spacial score (nSPS) is 15.7. The lowest BCUT2D eigenvalue weighted by Gasteiger charge is -2.14. The highest BCUT2D eigenvalue weighted by Gasteiger charge is 2.33. The Bertz CT molecular complexity index is 899. The summed E-state index contributed by atoms with van der Waals surface area (Å²) in [4.78, 5) is 14.6. The average molecular weight is 370 g/mol. The number of nitrogens with zero attached hydrogens (tertiary/aromatic N) is 1. The zero-order valence-corrected chi connectivity index (χ0v) is 15.4. The van der Waals surface area contributed by atoms with Gasteiger partial charge in [0.05, 0.1) is 24.8 Å². The molecule has 2 N–H and O–H groups in total. The van der Waals surface area contributed by atoms with Crippen LogP contribution >= 0.6 is 11.8 Å². The fourth-order valence-corrected chi connectivity index (χ4v) is 3.50. The van der Waals surface area contributed by atoms with Gasteiger partial charge in [0.2, 0.25) is 5.75 Å². The van der Waals surface area contributed by atoms with Gasteiger partial charge in [-0.1, -0.05) is 12.1 Å². The molecule has 0 bridgehead atoms. The van der Waals surface area contributed by atoms with E-state index >= 15 is 0 Å². The topological polar surface area (TPSA) is 82.9 Å². The van der Waals surface area contributed by atoms with Crippen molar-refractivity contribution in [1.82, 2.24) is 0 Å². The summed E-state index contributed by atoms with van der Waals surface area (Å²) in [5.74, 6) is 0.128. The third-order valence-corrected chi connectivity index (χ3v) is 4.77. The zero-order valence-electron chi connectivity index (χ0n) is 14.6. The molecule has 2 aromatic rings. The van der Waals surface area contributed by atoms with E-state index in [2.05, 4.69) is 0 Å². The molecule has 26 heavy (non-hydrogen) atoms. The number of nitrogens with one attached hydrogen (secondary N) is 1. The van der Waals surface area contributed by atoms with E-state index in [1.807, 2.05) is 25.1 Å². The van der Waals surface area contributed by atoms with Crippen LogP contribution in [0.3, 0.4) is 0 Å². The number of ether oxygens (including phenoxy) is 2. The third kappa shape index (κ3) is 3.25. The number of benzene rings is 2. The molecule has 1 amide bonds. The summed E-state index contributed by atoms with van der Waals surface area (Å²) in [6.07, 6.45) is 1.65. The maximum absolute atomic E-state index is 12.8. The minimum absolute atomic E-state index is 0.100. The van der Waals surface area contributed by atoms with E-state index in [1.165, 1.54) is 19.1 Å². The summed E-state index contributed by atoms with van der Waals surface area (Å²) in [6.45, 7) is 1.94. The number of amides is 1. The van der Waals surface area contributed by atoms with Gasteiger partial charge in [0.1, 0.15) is 0 Å². The van der Waals surface area contributed by atoms with Gasteiger partial charge in [-0.2, -0.15) is 0 Å². The van der Waals surface area contributed by atoms with Crippen molar-refractivity contribution in [3.8, 4) is 17.2 Å². The summed E-state index contributed by atoms with van der Waals surface area (Å²) in [5.41, 5.74) is 2.31. The average Bonchev–Trinajstić information content (AvgIpc) is 2.89. The Balaban J connectivity index is 1.98. The van der Waals surface area contributed by atoms with Crippen molar-refractivity contribution in [2.45, 2.75) is 6.92 Å². The first kappa shape index (κ1) is 17.9. The minimum Gasteiger partial charge on any atom is -0.502 e. The molecule has 0 radical (unpaired) electrons. The Morgan fingerprint density at radius 3 is 2.38 bits per heavy atom. The fraction of sp³-hybridized carbons (Fsp3) is 0.158. The van der Waals surface area contributed by atoms with Gasteiger partial charge in [-0.25, -0.2) is 0 Å². The number of amidine groups is 1. The highest BCUT2D eigenvalue weighted by Crippen LogP contribution is 2.40. The maximum atomic E-state index is 12.8. The smallest absolute Gasteiger partial charge is 0.271 e. The number of phenolic OH excluding ortho intramolecular Hbond substituents is 1. The zero-order chi connectivity index (χ0) is 18.8. The Kier molecular flexibility index (Phi) is 4.90. The summed E-state index contributed by atoms with van der Waals surface area (Å²) in [7, 11) is 2.88. The number of carbonyl (C=O) groups is 1. The van der Waals surface area contributed by atoms with Crippen LogP contribution in [-0.4, -0.2) is 30.4 Å². The van der Waals surface area contributed by atoms with Crippen molar-refractivity contribution < 1.29 is 19.4 Å². The quantitative estimate of drug-likeness (QED) is 0.801. The van der Waals surface area contributed by atoms with E-state index in [4.69, 9.17) is 14.9 Å². The molecule has 0 aliphatic carbocycles. The number of aryl methyl sites for hydroxylation is 1. The summed E-state index contributed by atoms with van der Waals surface area (Å²) < 4.78 is 10.3. The number of aromatic hydroxyl groups is 1. The molecule has 134 valence electrons. The molecule has 0 spiro atoms. The van der Waals surface area contributed by atoms with Crippen LogP contribution in [0.15, 0.2) is 41.3 Å². The number of methoxy groups -OCH3 is 2. The first-order valence-corrected chi connectivity index (χ1v) is 8.60. The fourth-order valence-electron chi connectivity index (χ4n) is 2.64. The number of hydrogen-bond acceptors (Lipinski definition) is 6. The highest BCUT2D eigenvalue weighted by atomic mass is 32.2. The molecule has 1 saturated heterocycles. The first-order chi connectivity index (χ1) is 12.4. The molecule has 0 atom stereocenters. The molecule has 0 aromatic heterocycles. The van der Waals surface area contributed by atoms with E-state index in [-0.39, 0.29) is 28.3 Å². The second kappa shape index (κ2) is 7.13. The highest BCUT2D eigenvalue weighted by molar-refractivity contribution is 8.19. The first-order valence-electron chi connectivity index (χ1n) is 7.78. The molecule has 0 saturated carbocycles. The van der Waals surface area contributed by atoms with Crippen LogP contribution < -0.4 is 14.4 Å². The molecule has 0 unspecified atom stereocenters. The number of thioether (sulfide) groups is 1. The van der Waals surface area contributed by atoms with Crippen LogP contribution in [0.5, 0.6) is 17.2 Å². The van der Waals surface area contributed by atoms with Crippen LogP contribution in [-0.2, 0) is 4.79 Å². The van der Waals surface area contributed by atoms with Crippen molar-refractivity contribution in [2.24, 2.45) is 0 Å². The van der Waals surface area contributed by atoms with Crippen LogP contribution in [0.1, 0.15) is 11.1 Å². The van der Waals surface area contributed by atoms with E-state index in [9.17, 15) is 9.90 Å². The van der Waals surface area contributed by atoms with E-state index in [1.54, 1.807) is 24.3 Å². The van der Waals surface area contributed by atoms with Gasteiger partial charge < -0.3 is 14.6 Å². The number of rotatable bonds is 4. The van der Waals surface area contributed by atoms with Crippen molar-refractivity contribution >= 4 is 34.6 Å². The number of hydrogen-bond donors (Lipinski definition) is 2. The van der Waals surface area contributed by atoms with Crippen molar-refractivity contribution in [3.63, 3.8) is 0 Å². The Labute approximate surface area is 155 Å². The second-order valence-corrected chi connectivity index (χ2v) is 6.70. The molecular weight excluding hydrogens is 352 g/mol. The van der Waals surface area contributed by atoms with Gasteiger partial charge in [0.25, 0.3) is 5.91 Å². The van der Waals surface area contributed by atoms with Gasteiger partial charge in [0, 0.05) is 0 Å². The molecular formula is C19H18N2O4S. The molecule has 7 heteroatoms. The standard InChI is InChI=1S/C19H18N2O4S/c1-11-5-4-6-13(7-11)21-18(23)16(26-19(21)20)10-12-8-14(24-2)17(22)15(9-12)25-3/h4-10,20,22H,1-3H3/b16-10-,20-19?. The van der Waals surface area contributed by atoms with Crippen LogP contribution in [0.25, 0.3) is 6.08 Å². The number of phenols is 1. The molecule has 2 aromatic carbocycles. The molecule has 1 fully saturated rings. The van der Waals surface area contributed by atoms with Gasteiger partial charge in [-0.05, 0) is 60.2 Å². The van der Waals surface area contributed by atoms with Gasteiger partial charge >= 0.3 is 0 Å². The number of carbonyl (C=O) groups excluding carboxylic acids is 1. The monoisotopic (exact) mass is 370 g/mol. The predicted octanol–water partition coefficient (Wildman–Crippen LogP) is 3.77. The molecule has 3 rings (SSSR count). The molecule has 1 aliphatic rings. The van der Waals surface area contributed by atoms with Crippen molar-refractivity contribution in [2.75, 3.05) is 19.1 Å². The summed E-state index contributed by atoms with van der Waals surface area (Å²) in [5, 5.41) is 18.3. The van der Waals surface area contributed by atoms with Crippen LogP contribution in [0.4, 0.5) is 5.69 Å². The maximum Gasteiger partial charge on any atom is 0.271 e. The van der Waals surface area contributed by atoms with Gasteiger partial charge in [-0.3, -0.25) is 15.1 Å².